The van der Waals surface area contributed by atoms with Gasteiger partial charge in [0, 0.05) is 6.54 Å². The van der Waals surface area contributed by atoms with E-state index in [-0.39, 0.29) is 0 Å². The molecule has 134 valence electrons. The van der Waals surface area contributed by atoms with E-state index in [4.69, 9.17) is 4.74 Å². The van der Waals surface area contributed by atoms with Gasteiger partial charge in [0.15, 0.2) is 0 Å². The minimum absolute atomic E-state index is 0.337. The van der Waals surface area contributed by atoms with Gasteiger partial charge in [-0.1, -0.05) is 39.8 Å². The second kappa shape index (κ2) is 11.8. The van der Waals surface area contributed by atoms with Crippen molar-refractivity contribution in [2.24, 2.45) is 0 Å². The first-order valence-corrected chi connectivity index (χ1v) is 8.45. The number of hydrogen-bond donors (Lipinski definition) is 2. The zero-order valence-electron chi connectivity index (χ0n) is 16.3. The van der Waals surface area contributed by atoms with Crippen LogP contribution in [0.15, 0.2) is 12.1 Å². The Hall–Kier alpha value is -1.71. The SMILES string of the molecule is CC.CC.Cc1cc(CCNC(=O)OC(C)(C)C)cc(C)c1O. The lowest BCUT2D eigenvalue weighted by Gasteiger charge is -2.19. The van der Waals surface area contributed by atoms with E-state index < -0.39 is 11.7 Å². The number of phenolic OH excluding ortho intramolecular Hbond substituents is 1. The molecule has 1 aromatic rings. The number of carbonyl (C=O) groups excluding carboxylic acids is 1. The minimum Gasteiger partial charge on any atom is -0.507 e. The Balaban J connectivity index is 0. The van der Waals surface area contributed by atoms with Gasteiger partial charge >= 0.3 is 6.09 Å². The van der Waals surface area contributed by atoms with Crippen LogP contribution in [0.3, 0.4) is 0 Å². The van der Waals surface area contributed by atoms with Crippen LogP contribution in [0.25, 0.3) is 0 Å². The Morgan fingerprint density at radius 1 is 1.09 bits per heavy atom. The number of carbonyl (C=O) groups is 1. The van der Waals surface area contributed by atoms with Crippen LogP contribution in [-0.2, 0) is 11.2 Å². The van der Waals surface area contributed by atoms with Crippen molar-refractivity contribution < 1.29 is 14.6 Å². The molecule has 0 aromatic heterocycles. The molecule has 0 saturated carbocycles. The average molecular weight is 325 g/mol. The predicted molar refractivity (Wildman–Crippen MR) is 98.2 cm³/mol. The van der Waals surface area contributed by atoms with Gasteiger partial charge in [-0.25, -0.2) is 4.79 Å². The summed E-state index contributed by atoms with van der Waals surface area (Å²) in [5, 5.41) is 12.4. The van der Waals surface area contributed by atoms with E-state index in [0.717, 1.165) is 16.7 Å². The standard InChI is InChI=1S/C15H23NO3.2C2H6/c1-10-8-12(9-11(2)13(10)17)6-7-16-14(18)19-15(3,4)5;2*1-2/h8-9,17H,6-7H2,1-5H3,(H,16,18);2*1-2H3. The Labute approximate surface area is 142 Å². The number of aromatic hydroxyl groups is 1. The molecule has 0 aliphatic carbocycles. The zero-order valence-corrected chi connectivity index (χ0v) is 16.3. The summed E-state index contributed by atoms with van der Waals surface area (Å²) in [5.41, 5.74) is 2.32. The molecule has 4 nitrogen and oxygen atoms in total. The maximum Gasteiger partial charge on any atom is 0.407 e. The number of phenols is 1. The van der Waals surface area contributed by atoms with Crippen LogP contribution in [0.4, 0.5) is 4.79 Å². The number of alkyl carbamates (subject to hydrolysis) is 1. The van der Waals surface area contributed by atoms with Crippen molar-refractivity contribution in [1.29, 1.82) is 0 Å². The Kier molecular flexibility index (Phi) is 12.1. The molecule has 0 atom stereocenters. The summed E-state index contributed by atoms with van der Waals surface area (Å²) in [6.07, 6.45) is 0.306. The zero-order chi connectivity index (χ0) is 18.6. The fourth-order valence-corrected chi connectivity index (χ4v) is 1.81. The first-order valence-electron chi connectivity index (χ1n) is 8.45. The maximum absolute atomic E-state index is 11.5. The van der Waals surface area contributed by atoms with Gasteiger partial charge in [0.05, 0.1) is 0 Å². The molecular formula is C19H35NO3. The van der Waals surface area contributed by atoms with Crippen molar-refractivity contribution in [3.05, 3.63) is 28.8 Å². The summed E-state index contributed by atoms with van der Waals surface area (Å²) in [6, 6.07) is 3.86. The van der Waals surface area contributed by atoms with E-state index in [2.05, 4.69) is 5.32 Å². The van der Waals surface area contributed by atoms with Gasteiger partial charge in [-0.2, -0.15) is 0 Å². The predicted octanol–water partition coefficient (Wildman–Crippen LogP) is 5.13. The second-order valence-electron chi connectivity index (χ2n) is 5.76. The normalized spacial score (nSPS) is 9.78. The van der Waals surface area contributed by atoms with Gasteiger partial charge < -0.3 is 15.2 Å². The summed E-state index contributed by atoms with van der Waals surface area (Å²) in [6.45, 7) is 17.7. The van der Waals surface area contributed by atoms with Crippen molar-refractivity contribution in [1.82, 2.24) is 5.32 Å². The summed E-state index contributed by atoms with van der Waals surface area (Å²) in [5.74, 6) is 0.337. The van der Waals surface area contributed by atoms with Crippen molar-refractivity contribution in [2.45, 2.75) is 74.3 Å². The largest absolute Gasteiger partial charge is 0.507 e. The third-order valence-electron chi connectivity index (χ3n) is 2.63. The van der Waals surface area contributed by atoms with E-state index >= 15 is 0 Å². The first-order chi connectivity index (χ1) is 10.7. The van der Waals surface area contributed by atoms with Crippen LogP contribution in [0.2, 0.25) is 0 Å². The summed E-state index contributed by atoms with van der Waals surface area (Å²) in [7, 11) is 0. The van der Waals surface area contributed by atoms with Gasteiger partial charge in [-0.05, 0) is 57.7 Å². The number of ether oxygens (including phenoxy) is 1. The highest BCUT2D eigenvalue weighted by Crippen LogP contribution is 2.22. The molecule has 1 amide bonds. The number of benzene rings is 1. The Morgan fingerprint density at radius 2 is 1.52 bits per heavy atom. The molecule has 0 bridgehead atoms. The van der Waals surface area contributed by atoms with E-state index in [1.807, 2.05) is 74.4 Å². The summed E-state index contributed by atoms with van der Waals surface area (Å²) >= 11 is 0. The molecule has 0 radical (unpaired) electrons. The van der Waals surface area contributed by atoms with Crippen LogP contribution in [0, 0.1) is 13.8 Å². The number of rotatable bonds is 3. The highest BCUT2D eigenvalue weighted by Gasteiger charge is 2.15. The lowest BCUT2D eigenvalue weighted by atomic mass is 10.0. The third kappa shape index (κ3) is 10.6. The van der Waals surface area contributed by atoms with Crippen molar-refractivity contribution in [2.75, 3.05) is 6.54 Å². The quantitative estimate of drug-likeness (QED) is 0.810. The number of amides is 1. The van der Waals surface area contributed by atoms with Crippen LogP contribution in [0.5, 0.6) is 5.75 Å². The number of hydrogen-bond acceptors (Lipinski definition) is 3. The Bertz CT molecular complexity index is 439. The van der Waals surface area contributed by atoms with E-state index in [9.17, 15) is 9.90 Å². The first kappa shape index (κ1) is 23.6. The monoisotopic (exact) mass is 325 g/mol. The van der Waals surface area contributed by atoms with E-state index in [1.165, 1.54) is 0 Å². The average Bonchev–Trinajstić information content (AvgIpc) is 2.47. The highest BCUT2D eigenvalue weighted by atomic mass is 16.6. The lowest BCUT2D eigenvalue weighted by Crippen LogP contribution is -2.33. The van der Waals surface area contributed by atoms with Gasteiger partial charge in [-0.15, -0.1) is 0 Å². The Morgan fingerprint density at radius 3 is 1.91 bits per heavy atom. The van der Waals surface area contributed by atoms with Crippen LogP contribution >= 0.6 is 0 Å². The molecule has 4 heteroatoms. The fraction of sp³-hybridized carbons (Fsp3) is 0.632. The molecule has 1 rings (SSSR count). The fourth-order valence-electron chi connectivity index (χ4n) is 1.81. The lowest BCUT2D eigenvalue weighted by molar-refractivity contribution is 0.0528. The van der Waals surface area contributed by atoms with Crippen molar-refractivity contribution >= 4 is 6.09 Å². The smallest absolute Gasteiger partial charge is 0.407 e. The topological polar surface area (TPSA) is 58.6 Å². The molecule has 2 N–H and O–H groups in total. The maximum atomic E-state index is 11.5. The molecule has 0 fully saturated rings. The highest BCUT2D eigenvalue weighted by molar-refractivity contribution is 5.67. The van der Waals surface area contributed by atoms with Crippen LogP contribution < -0.4 is 5.32 Å². The van der Waals surface area contributed by atoms with Crippen molar-refractivity contribution in [3.8, 4) is 5.75 Å². The van der Waals surface area contributed by atoms with Crippen LogP contribution in [0.1, 0.15) is 65.2 Å². The molecule has 0 heterocycles. The molecule has 0 unspecified atom stereocenters. The molecule has 23 heavy (non-hydrogen) atoms. The minimum atomic E-state index is -0.476. The van der Waals surface area contributed by atoms with E-state index in [1.54, 1.807) is 0 Å². The summed E-state index contributed by atoms with van der Waals surface area (Å²) in [4.78, 5) is 11.5. The van der Waals surface area contributed by atoms with Gasteiger partial charge in [0.1, 0.15) is 11.4 Å². The number of aryl methyl sites for hydroxylation is 2. The molecule has 0 spiro atoms. The molecular weight excluding hydrogens is 290 g/mol. The number of nitrogens with one attached hydrogen (secondary N) is 1. The van der Waals surface area contributed by atoms with Crippen molar-refractivity contribution in [3.63, 3.8) is 0 Å². The third-order valence-corrected chi connectivity index (χ3v) is 2.63. The second-order valence-corrected chi connectivity index (χ2v) is 5.76. The molecule has 0 aliphatic heterocycles. The summed E-state index contributed by atoms with van der Waals surface area (Å²) < 4.78 is 5.15. The van der Waals surface area contributed by atoms with Gasteiger partial charge in [0.25, 0.3) is 0 Å². The van der Waals surface area contributed by atoms with Gasteiger partial charge in [-0.3, -0.25) is 0 Å². The van der Waals surface area contributed by atoms with Crippen LogP contribution in [-0.4, -0.2) is 23.3 Å². The molecule has 0 aliphatic rings. The van der Waals surface area contributed by atoms with Gasteiger partial charge in [0.2, 0.25) is 0 Å². The molecule has 1 aromatic carbocycles. The van der Waals surface area contributed by atoms with E-state index in [0.29, 0.717) is 18.7 Å². The molecule has 0 saturated heterocycles.